The number of carbonyl (C=O) groups is 1. The summed E-state index contributed by atoms with van der Waals surface area (Å²) in [6.07, 6.45) is 0. The van der Waals surface area contributed by atoms with E-state index in [1.54, 1.807) is 0 Å². The molecule has 1 amide bonds. The van der Waals surface area contributed by atoms with Gasteiger partial charge in [0.15, 0.2) is 0 Å². The zero-order chi connectivity index (χ0) is 15.2. The minimum Gasteiger partial charge on any atom is -0.434 e. The van der Waals surface area contributed by atoms with Crippen LogP contribution in [0.4, 0.5) is 8.78 Å². The standard InChI is InChI=1S/C13H15ClF2N2O3.ClH/c14-9-1-2-11(21-13(15)16)8(5-9)6-18-12(19)10-7-20-4-3-17-10;/h1-2,5,10,13,17H,3-4,6-7H2,(H,18,19);1H. The number of rotatable bonds is 5. The predicted molar refractivity (Wildman–Crippen MR) is 79.8 cm³/mol. The van der Waals surface area contributed by atoms with Crippen LogP contribution in [-0.4, -0.2) is 38.3 Å². The Balaban J connectivity index is 0.00000242. The second kappa shape index (κ2) is 9.09. The molecule has 1 unspecified atom stereocenters. The molecule has 0 aromatic heterocycles. The molecule has 5 nitrogen and oxygen atoms in total. The highest BCUT2D eigenvalue weighted by Gasteiger charge is 2.21. The zero-order valence-electron chi connectivity index (χ0n) is 11.5. The van der Waals surface area contributed by atoms with E-state index in [2.05, 4.69) is 15.4 Å². The van der Waals surface area contributed by atoms with E-state index in [4.69, 9.17) is 16.3 Å². The lowest BCUT2D eigenvalue weighted by molar-refractivity contribution is -0.126. The molecule has 1 aromatic carbocycles. The molecule has 22 heavy (non-hydrogen) atoms. The number of ether oxygens (including phenoxy) is 2. The summed E-state index contributed by atoms with van der Waals surface area (Å²) >= 11 is 5.83. The Kier molecular flexibility index (Phi) is 7.81. The lowest BCUT2D eigenvalue weighted by Gasteiger charge is -2.23. The summed E-state index contributed by atoms with van der Waals surface area (Å²) in [5, 5.41) is 6.02. The Labute approximate surface area is 137 Å². The van der Waals surface area contributed by atoms with Crippen LogP contribution in [0.15, 0.2) is 18.2 Å². The van der Waals surface area contributed by atoms with Crippen LogP contribution >= 0.6 is 24.0 Å². The fourth-order valence-corrected chi connectivity index (χ4v) is 2.13. The number of halogens is 4. The van der Waals surface area contributed by atoms with Gasteiger partial charge in [-0.25, -0.2) is 0 Å². The van der Waals surface area contributed by atoms with E-state index in [1.165, 1.54) is 18.2 Å². The van der Waals surface area contributed by atoms with Crippen LogP contribution in [-0.2, 0) is 16.1 Å². The molecule has 1 aliphatic heterocycles. The second-order valence-corrected chi connectivity index (χ2v) is 4.87. The molecular formula is C13H16Cl2F2N2O3. The molecule has 0 bridgehead atoms. The first-order valence-electron chi connectivity index (χ1n) is 6.38. The van der Waals surface area contributed by atoms with E-state index >= 15 is 0 Å². The summed E-state index contributed by atoms with van der Waals surface area (Å²) in [4.78, 5) is 11.9. The largest absolute Gasteiger partial charge is 0.434 e. The molecule has 1 aromatic rings. The summed E-state index contributed by atoms with van der Waals surface area (Å²) in [5.74, 6) is -0.278. The van der Waals surface area contributed by atoms with Gasteiger partial charge in [-0.15, -0.1) is 12.4 Å². The maximum absolute atomic E-state index is 12.3. The van der Waals surface area contributed by atoms with Gasteiger partial charge in [0.1, 0.15) is 11.8 Å². The lowest BCUT2D eigenvalue weighted by atomic mass is 10.2. The van der Waals surface area contributed by atoms with Crippen molar-refractivity contribution in [2.45, 2.75) is 19.2 Å². The summed E-state index contributed by atoms with van der Waals surface area (Å²) in [7, 11) is 0. The molecule has 1 aliphatic rings. The van der Waals surface area contributed by atoms with Gasteiger partial charge in [-0.3, -0.25) is 4.79 Å². The number of hydrogen-bond donors (Lipinski definition) is 2. The van der Waals surface area contributed by atoms with Crippen molar-refractivity contribution >= 4 is 29.9 Å². The van der Waals surface area contributed by atoms with E-state index in [0.29, 0.717) is 23.7 Å². The first-order chi connectivity index (χ1) is 10.1. The molecule has 0 aliphatic carbocycles. The van der Waals surface area contributed by atoms with Gasteiger partial charge in [-0.2, -0.15) is 8.78 Å². The van der Waals surface area contributed by atoms with Crippen molar-refractivity contribution in [3.8, 4) is 5.75 Å². The Morgan fingerprint density at radius 3 is 2.95 bits per heavy atom. The molecule has 0 radical (unpaired) electrons. The molecule has 1 heterocycles. The highest BCUT2D eigenvalue weighted by molar-refractivity contribution is 6.30. The molecule has 9 heteroatoms. The van der Waals surface area contributed by atoms with Gasteiger partial charge in [0.2, 0.25) is 5.91 Å². The van der Waals surface area contributed by atoms with Crippen molar-refractivity contribution in [1.29, 1.82) is 0 Å². The fraction of sp³-hybridized carbons (Fsp3) is 0.462. The van der Waals surface area contributed by atoms with Crippen molar-refractivity contribution < 1.29 is 23.0 Å². The average Bonchev–Trinajstić information content (AvgIpc) is 2.47. The minimum absolute atomic E-state index is 0. The van der Waals surface area contributed by atoms with Crippen LogP contribution in [0.3, 0.4) is 0 Å². The van der Waals surface area contributed by atoms with Crippen LogP contribution in [0.2, 0.25) is 5.02 Å². The first kappa shape index (κ1) is 18.9. The number of benzene rings is 1. The Bertz CT molecular complexity index is 500. The molecule has 2 rings (SSSR count). The monoisotopic (exact) mass is 356 g/mol. The normalized spacial score (nSPS) is 17.7. The molecule has 0 spiro atoms. The Hall–Kier alpha value is -1.15. The van der Waals surface area contributed by atoms with E-state index < -0.39 is 12.7 Å². The predicted octanol–water partition coefficient (Wildman–Crippen LogP) is 1.97. The SMILES string of the molecule is Cl.O=C(NCc1cc(Cl)ccc1OC(F)F)C1COCCN1. The van der Waals surface area contributed by atoms with Gasteiger partial charge in [0, 0.05) is 23.7 Å². The first-order valence-corrected chi connectivity index (χ1v) is 6.76. The van der Waals surface area contributed by atoms with Crippen molar-refractivity contribution in [3.05, 3.63) is 28.8 Å². The van der Waals surface area contributed by atoms with Gasteiger partial charge in [0.05, 0.1) is 13.2 Å². The number of amides is 1. The average molecular weight is 357 g/mol. The maximum atomic E-state index is 12.3. The Morgan fingerprint density at radius 1 is 1.55 bits per heavy atom. The maximum Gasteiger partial charge on any atom is 0.387 e. The topological polar surface area (TPSA) is 59.6 Å². The second-order valence-electron chi connectivity index (χ2n) is 4.43. The van der Waals surface area contributed by atoms with Crippen LogP contribution in [0.5, 0.6) is 5.75 Å². The van der Waals surface area contributed by atoms with Crippen LogP contribution in [0.1, 0.15) is 5.56 Å². The van der Waals surface area contributed by atoms with Gasteiger partial charge in [0.25, 0.3) is 0 Å². The van der Waals surface area contributed by atoms with Crippen LogP contribution in [0, 0.1) is 0 Å². The van der Waals surface area contributed by atoms with E-state index in [0.717, 1.165) is 0 Å². The third-order valence-corrected chi connectivity index (χ3v) is 3.16. The molecule has 124 valence electrons. The third kappa shape index (κ3) is 5.57. The summed E-state index contributed by atoms with van der Waals surface area (Å²) in [6, 6.07) is 3.82. The molecule has 1 fully saturated rings. The highest BCUT2D eigenvalue weighted by Crippen LogP contribution is 2.24. The van der Waals surface area contributed by atoms with Crippen molar-refractivity contribution in [2.75, 3.05) is 19.8 Å². The van der Waals surface area contributed by atoms with Gasteiger partial charge >= 0.3 is 6.61 Å². The van der Waals surface area contributed by atoms with Crippen molar-refractivity contribution in [1.82, 2.24) is 10.6 Å². The van der Waals surface area contributed by atoms with Crippen molar-refractivity contribution in [2.24, 2.45) is 0 Å². The van der Waals surface area contributed by atoms with Gasteiger partial charge in [-0.05, 0) is 18.2 Å². The van der Waals surface area contributed by atoms with Crippen LogP contribution in [0.25, 0.3) is 0 Å². The van der Waals surface area contributed by atoms with E-state index in [9.17, 15) is 13.6 Å². The minimum atomic E-state index is -2.94. The molecule has 0 saturated carbocycles. The molecule has 1 atom stereocenters. The fourth-order valence-electron chi connectivity index (χ4n) is 1.94. The number of morpholine rings is 1. The zero-order valence-corrected chi connectivity index (χ0v) is 13.1. The number of hydrogen-bond acceptors (Lipinski definition) is 4. The van der Waals surface area contributed by atoms with E-state index in [-0.39, 0.29) is 37.2 Å². The quantitative estimate of drug-likeness (QED) is 0.846. The number of carbonyl (C=O) groups excluding carboxylic acids is 1. The Morgan fingerprint density at radius 2 is 2.32 bits per heavy atom. The van der Waals surface area contributed by atoms with E-state index in [1.807, 2.05) is 0 Å². The van der Waals surface area contributed by atoms with Crippen LogP contribution < -0.4 is 15.4 Å². The van der Waals surface area contributed by atoms with Gasteiger partial charge in [-0.1, -0.05) is 11.6 Å². The number of alkyl halides is 2. The smallest absolute Gasteiger partial charge is 0.387 e. The highest BCUT2D eigenvalue weighted by atomic mass is 35.5. The number of nitrogens with one attached hydrogen (secondary N) is 2. The third-order valence-electron chi connectivity index (χ3n) is 2.93. The summed E-state index contributed by atoms with van der Waals surface area (Å²) < 4.78 is 34.2. The molecule has 1 saturated heterocycles. The molecular weight excluding hydrogens is 341 g/mol. The van der Waals surface area contributed by atoms with Crippen molar-refractivity contribution in [3.63, 3.8) is 0 Å². The van der Waals surface area contributed by atoms with Gasteiger partial charge < -0.3 is 20.1 Å². The lowest BCUT2D eigenvalue weighted by Crippen LogP contribution is -2.51. The summed E-state index contributed by atoms with van der Waals surface area (Å²) in [6.45, 7) is -1.46. The molecule has 2 N–H and O–H groups in total. The summed E-state index contributed by atoms with van der Waals surface area (Å²) in [5.41, 5.74) is 0.382.